The van der Waals surface area contributed by atoms with Crippen LogP contribution >= 0.6 is 15.9 Å². The van der Waals surface area contributed by atoms with Gasteiger partial charge in [0.25, 0.3) is 0 Å². The summed E-state index contributed by atoms with van der Waals surface area (Å²) in [5.41, 5.74) is 2.47. The number of halogens is 1. The van der Waals surface area contributed by atoms with Gasteiger partial charge in [-0.2, -0.15) is 0 Å². The predicted octanol–water partition coefficient (Wildman–Crippen LogP) is 5.12. The number of hydrogen-bond donors (Lipinski definition) is 0. The number of nitrogens with zero attached hydrogens (tertiary/aromatic N) is 2. The van der Waals surface area contributed by atoms with E-state index < -0.39 is 0 Å². The van der Waals surface area contributed by atoms with Crippen LogP contribution < -0.4 is 4.74 Å². The summed E-state index contributed by atoms with van der Waals surface area (Å²) in [6.07, 6.45) is 4.21. The summed E-state index contributed by atoms with van der Waals surface area (Å²) in [5.74, 6) is 1.62. The molecule has 0 spiro atoms. The quantitative estimate of drug-likeness (QED) is 0.518. The third kappa shape index (κ3) is 6.01. The van der Waals surface area contributed by atoms with Gasteiger partial charge in [-0.1, -0.05) is 46.3 Å². The number of carbonyl (C=O) groups excluding carboxylic acids is 1. The second-order valence-corrected chi connectivity index (χ2v) is 9.46. The summed E-state index contributed by atoms with van der Waals surface area (Å²) in [5, 5.41) is 0. The highest BCUT2D eigenvalue weighted by Crippen LogP contribution is 2.29. The minimum absolute atomic E-state index is 0.00155. The molecular weight excluding hydrogens is 456 g/mol. The van der Waals surface area contributed by atoms with Gasteiger partial charge in [0, 0.05) is 17.6 Å². The maximum absolute atomic E-state index is 12.2. The Labute approximate surface area is 193 Å². The molecule has 0 aliphatic carbocycles. The van der Waals surface area contributed by atoms with Crippen molar-refractivity contribution in [3.8, 4) is 5.75 Å². The van der Waals surface area contributed by atoms with Gasteiger partial charge in [0.15, 0.2) is 0 Å². The maximum Gasteiger partial charge on any atom is 0.410 e. The van der Waals surface area contributed by atoms with Crippen LogP contribution in [0.25, 0.3) is 0 Å². The lowest BCUT2D eigenvalue weighted by atomic mass is 9.90. The van der Waals surface area contributed by atoms with E-state index in [4.69, 9.17) is 9.47 Å². The van der Waals surface area contributed by atoms with Crippen LogP contribution in [-0.2, 0) is 17.7 Å². The number of rotatable bonds is 8. The first-order valence-corrected chi connectivity index (χ1v) is 11.9. The third-order valence-corrected chi connectivity index (χ3v) is 7.18. The summed E-state index contributed by atoms with van der Waals surface area (Å²) in [7, 11) is 1.72. The molecule has 2 saturated heterocycles. The molecule has 1 atom stereocenters. The number of piperidine rings is 1. The largest absolute Gasteiger partial charge is 0.497 e. The van der Waals surface area contributed by atoms with Gasteiger partial charge in [-0.3, -0.25) is 0 Å². The molecule has 4 rings (SSSR count). The smallest absolute Gasteiger partial charge is 0.410 e. The molecule has 0 aromatic heterocycles. The average Bonchev–Trinajstić information content (AvgIpc) is 3.14. The minimum atomic E-state index is -0.184. The topological polar surface area (TPSA) is 42.0 Å². The Bertz CT molecular complexity index is 868. The molecule has 0 saturated carbocycles. The molecular formula is C25H31BrN2O3. The van der Waals surface area contributed by atoms with Gasteiger partial charge in [0.2, 0.25) is 0 Å². The van der Waals surface area contributed by atoms with E-state index >= 15 is 0 Å². The third-order valence-electron chi connectivity index (χ3n) is 6.40. The van der Waals surface area contributed by atoms with E-state index in [1.807, 2.05) is 29.2 Å². The van der Waals surface area contributed by atoms with Crippen molar-refractivity contribution < 1.29 is 14.3 Å². The fourth-order valence-corrected chi connectivity index (χ4v) is 4.95. The number of amides is 1. The van der Waals surface area contributed by atoms with Crippen molar-refractivity contribution in [3.05, 3.63) is 64.1 Å². The number of likely N-dealkylation sites (tertiary alicyclic amines) is 1. The lowest BCUT2D eigenvalue weighted by Crippen LogP contribution is -2.36. The van der Waals surface area contributed by atoms with E-state index in [0.29, 0.717) is 19.0 Å². The molecule has 5 nitrogen and oxygen atoms in total. The standard InChI is InChI=1S/C25H31BrN2O3/c1-30-22-7-8-24(26)21(16-22)15-19-9-12-27(13-10-19)14-11-23-18-28(25(29)31-23)17-20-5-3-2-4-6-20/h2-8,16,19,23H,9-15,17-18H2,1H3. The van der Waals surface area contributed by atoms with Crippen LogP contribution in [0.1, 0.15) is 30.4 Å². The van der Waals surface area contributed by atoms with Crippen LogP contribution in [0.3, 0.4) is 0 Å². The van der Waals surface area contributed by atoms with Gasteiger partial charge < -0.3 is 19.3 Å². The molecule has 2 aromatic carbocycles. The molecule has 2 aliphatic rings. The zero-order valence-electron chi connectivity index (χ0n) is 18.1. The highest BCUT2D eigenvalue weighted by atomic mass is 79.9. The predicted molar refractivity (Wildman–Crippen MR) is 125 cm³/mol. The molecule has 31 heavy (non-hydrogen) atoms. The SMILES string of the molecule is COc1ccc(Br)c(CC2CCN(CCC3CN(Cc4ccccc4)C(=O)O3)CC2)c1. The van der Waals surface area contributed by atoms with Crippen molar-refractivity contribution >= 4 is 22.0 Å². The molecule has 2 aliphatic heterocycles. The van der Waals surface area contributed by atoms with Gasteiger partial charge in [0.1, 0.15) is 11.9 Å². The summed E-state index contributed by atoms with van der Waals surface area (Å²) in [6, 6.07) is 16.3. The molecule has 0 N–H and O–H groups in total. The highest BCUT2D eigenvalue weighted by molar-refractivity contribution is 9.10. The number of cyclic esters (lactones) is 1. The first kappa shape index (κ1) is 22.2. The second-order valence-electron chi connectivity index (χ2n) is 8.61. The number of hydrogen-bond acceptors (Lipinski definition) is 4. The van der Waals surface area contributed by atoms with E-state index in [2.05, 4.69) is 45.1 Å². The molecule has 1 amide bonds. The Balaban J connectivity index is 1.19. The number of benzene rings is 2. The van der Waals surface area contributed by atoms with Crippen LogP contribution in [0.2, 0.25) is 0 Å². The van der Waals surface area contributed by atoms with Crippen molar-refractivity contribution in [2.75, 3.05) is 33.3 Å². The summed E-state index contributed by atoms with van der Waals surface area (Å²) < 4.78 is 12.2. The van der Waals surface area contributed by atoms with Gasteiger partial charge in [-0.25, -0.2) is 4.79 Å². The first-order valence-electron chi connectivity index (χ1n) is 11.1. The monoisotopic (exact) mass is 486 g/mol. The summed E-state index contributed by atoms with van der Waals surface area (Å²) in [6.45, 7) is 4.53. The molecule has 2 fully saturated rings. The molecule has 0 radical (unpaired) electrons. The van der Waals surface area contributed by atoms with E-state index in [1.165, 1.54) is 22.9 Å². The van der Waals surface area contributed by atoms with Crippen molar-refractivity contribution in [3.63, 3.8) is 0 Å². The van der Waals surface area contributed by atoms with Crippen molar-refractivity contribution in [2.24, 2.45) is 5.92 Å². The molecule has 2 aromatic rings. The highest BCUT2D eigenvalue weighted by Gasteiger charge is 2.31. The van der Waals surface area contributed by atoms with E-state index in [-0.39, 0.29) is 12.2 Å². The van der Waals surface area contributed by atoms with E-state index in [0.717, 1.165) is 43.8 Å². The molecule has 2 heterocycles. The van der Waals surface area contributed by atoms with Crippen molar-refractivity contribution in [1.29, 1.82) is 0 Å². The lowest BCUT2D eigenvalue weighted by molar-refractivity contribution is 0.113. The Morgan fingerprint density at radius 3 is 2.65 bits per heavy atom. The van der Waals surface area contributed by atoms with Crippen LogP contribution in [0, 0.1) is 5.92 Å². The van der Waals surface area contributed by atoms with E-state index in [1.54, 1.807) is 7.11 Å². The molecule has 1 unspecified atom stereocenters. The Hall–Kier alpha value is -2.05. The summed E-state index contributed by atoms with van der Waals surface area (Å²) in [4.78, 5) is 16.5. The van der Waals surface area contributed by atoms with E-state index in [9.17, 15) is 4.79 Å². The molecule has 166 valence electrons. The summed E-state index contributed by atoms with van der Waals surface area (Å²) >= 11 is 3.68. The van der Waals surface area contributed by atoms with Crippen LogP contribution in [0.15, 0.2) is 53.0 Å². The van der Waals surface area contributed by atoms with Crippen molar-refractivity contribution in [2.45, 2.75) is 38.3 Å². The van der Waals surface area contributed by atoms with Gasteiger partial charge >= 0.3 is 6.09 Å². The fraction of sp³-hybridized carbons (Fsp3) is 0.480. The molecule has 0 bridgehead atoms. The van der Waals surface area contributed by atoms with Crippen LogP contribution in [-0.4, -0.2) is 55.3 Å². The normalized spacial score (nSPS) is 20.1. The maximum atomic E-state index is 12.2. The minimum Gasteiger partial charge on any atom is -0.497 e. The molecule has 6 heteroatoms. The number of ether oxygens (including phenoxy) is 2. The fourth-order valence-electron chi connectivity index (χ4n) is 4.54. The first-order chi connectivity index (χ1) is 15.1. The number of carbonyl (C=O) groups is 1. The average molecular weight is 487 g/mol. The zero-order chi connectivity index (χ0) is 21.6. The Morgan fingerprint density at radius 2 is 1.90 bits per heavy atom. The lowest BCUT2D eigenvalue weighted by Gasteiger charge is -2.32. The van der Waals surface area contributed by atoms with Gasteiger partial charge in [0.05, 0.1) is 13.7 Å². The Morgan fingerprint density at radius 1 is 1.13 bits per heavy atom. The van der Waals surface area contributed by atoms with Crippen molar-refractivity contribution in [1.82, 2.24) is 9.80 Å². The van der Waals surface area contributed by atoms with Gasteiger partial charge in [-0.05, 0) is 74.0 Å². The van der Waals surface area contributed by atoms with Gasteiger partial charge in [-0.15, -0.1) is 0 Å². The van der Waals surface area contributed by atoms with Crippen LogP contribution in [0.5, 0.6) is 5.75 Å². The number of methoxy groups -OCH3 is 1. The Kier molecular flexibility index (Phi) is 7.51. The second kappa shape index (κ2) is 10.5. The zero-order valence-corrected chi connectivity index (χ0v) is 19.7. The van der Waals surface area contributed by atoms with Crippen LogP contribution in [0.4, 0.5) is 4.79 Å².